The van der Waals surface area contributed by atoms with Crippen LogP contribution in [-0.4, -0.2) is 18.7 Å². The van der Waals surface area contributed by atoms with E-state index in [0.717, 1.165) is 19.0 Å². The molecule has 1 saturated heterocycles. The van der Waals surface area contributed by atoms with Gasteiger partial charge < -0.3 is 10.1 Å². The number of rotatable bonds is 3. The largest absolute Gasteiger partial charge is 0.373 e. The Hall–Kier alpha value is -1.00. The lowest BCUT2D eigenvalue weighted by Gasteiger charge is -2.26. The van der Waals surface area contributed by atoms with Gasteiger partial charge >= 0.3 is 0 Å². The van der Waals surface area contributed by atoms with Gasteiger partial charge in [0.2, 0.25) is 0 Å². The van der Waals surface area contributed by atoms with Crippen molar-refractivity contribution >= 4 is 0 Å². The van der Waals surface area contributed by atoms with E-state index in [1.807, 2.05) is 0 Å². The van der Waals surface area contributed by atoms with Gasteiger partial charge in [-0.2, -0.15) is 0 Å². The Bertz CT molecular complexity index is 422. The van der Waals surface area contributed by atoms with Crippen LogP contribution in [0, 0.1) is 17.6 Å². The fourth-order valence-electron chi connectivity index (χ4n) is 2.39. The van der Waals surface area contributed by atoms with Crippen LogP contribution in [-0.2, 0) is 4.74 Å². The van der Waals surface area contributed by atoms with Gasteiger partial charge in [0.25, 0.3) is 0 Å². The van der Waals surface area contributed by atoms with Gasteiger partial charge in [0.1, 0.15) is 11.6 Å². The fourth-order valence-corrected chi connectivity index (χ4v) is 2.39. The monoisotopic (exact) mass is 269 g/mol. The van der Waals surface area contributed by atoms with E-state index in [9.17, 15) is 8.78 Å². The second kappa shape index (κ2) is 5.55. The molecule has 0 spiro atoms. The Labute approximate surface area is 113 Å². The maximum Gasteiger partial charge on any atom is 0.126 e. The molecule has 1 heterocycles. The standard InChI is InChI=1S/C15H21F2NO/c1-15(2,3)18-9-10-4-5-19-14(10)11-6-12(16)8-13(17)7-11/h6-8,10,14,18H,4-5,9H2,1-3H3. The summed E-state index contributed by atoms with van der Waals surface area (Å²) in [5, 5.41) is 3.43. The second-order valence-corrected chi connectivity index (χ2v) is 6.17. The molecule has 2 unspecified atom stereocenters. The minimum absolute atomic E-state index is 0.0281. The van der Waals surface area contributed by atoms with Gasteiger partial charge in [-0.1, -0.05) is 0 Å². The molecule has 0 radical (unpaired) electrons. The van der Waals surface area contributed by atoms with Crippen molar-refractivity contribution in [2.75, 3.05) is 13.2 Å². The quantitative estimate of drug-likeness (QED) is 0.907. The minimum atomic E-state index is -0.548. The summed E-state index contributed by atoms with van der Waals surface area (Å²) in [6.07, 6.45) is 0.686. The van der Waals surface area contributed by atoms with E-state index >= 15 is 0 Å². The molecule has 1 fully saturated rings. The summed E-state index contributed by atoms with van der Waals surface area (Å²) in [5.41, 5.74) is 0.621. The molecule has 2 atom stereocenters. The summed E-state index contributed by atoms with van der Waals surface area (Å²) in [6, 6.07) is 3.62. The molecular weight excluding hydrogens is 248 g/mol. The summed E-state index contributed by atoms with van der Waals surface area (Å²) in [6.45, 7) is 7.71. The lowest BCUT2D eigenvalue weighted by Crippen LogP contribution is -2.39. The number of ether oxygens (including phenoxy) is 1. The van der Waals surface area contributed by atoms with E-state index in [-0.39, 0.29) is 17.6 Å². The van der Waals surface area contributed by atoms with Gasteiger partial charge in [-0.05, 0) is 44.9 Å². The summed E-state index contributed by atoms with van der Waals surface area (Å²) >= 11 is 0. The summed E-state index contributed by atoms with van der Waals surface area (Å²) in [5.74, 6) is -0.846. The minimum Gasteiger partial charge on any atom is -0.373 e. The van der Waals surface area contributed by atoms with Gasteiger partial charge in [-0.15, -0.1) is 0 Å². The highest BCUT2D eigenvalue weighted by atomic mass is 19.1. The van der Waals surface area contributed by atoms with Crippen LogP contribution in [0.15, 0.2) is 18.2 Å². The molecule has 1 aromatic rings. The van der Waals surface area contributed by atoms with E-state index in [1.54, 1.807) is 0 Å². The molecule has 0 saturated carbocycles. The maximum absolute atomic E-state index is 13.3. The zero-order valence-electron chi connectivity index (χ0n) is 11.7. The van der Waals surface area contributed by atoms with E-state index < -0.39 is 11.6 Å². The van der Waals surface area contributed by atoms with Crippen molar-refractivity contribution in [3.63, 3.8) is 0 Å². The first-order valence-electron chi connectivity index (χ1n) is 6.68. The number of nitrogens with one attached hydrogen (secondary N) is 1. The molecule has 0 amide bonds. The topological polar surface area (TPSA) is 21.3 Å². The summed E-state index contributed by atoms with van der Waals surface area (Å²) in [7, 11) is 0. The van der Waals surface area contributed by atoms with Crippen molar-refractivity contribution in [1.82, 2.24) is 5.32 Å². The Kier molecular flexibility index (Phi) is 4.21. The molecule has 1 N–H and O–H groups in total. The smallest absolute Gasteiger partial charge is 0.126 e. The van der Waals surface area contributed by atoms with Gasteiger partial charge in [0, 0.05) is 30.7 Å². The van der Waals surface area contributed by atoms with Gasteiger partial charge in [0.05, 0.1) is 6.10 Å². The number of hydrogen-bond donors (Lipinski definition) is 1. The van der Waals surface area contributed by atoms with Gasteiger partial charge in [-0.25, -0.2) is 8.78 Å². The van der Waals surface area contributed by atoms with Crippen LogP contribution in [0.2, 0.25) is 0 Å². The first kappa shape index (κ1) is 14.4. The van der Waals surface area contributed by atoms with Crippen LogP contribution in [0.1, 0.15) is 38.9 Å². The molecule has 106 valence electrons. The predicted molar refractivity (Wildman–Crippen MR) is 70.9 cm³/mol. The Morgan fingerprint density at radius 1 is 1.21 bits per heavy atom. The average Bonchev–Trinajstić information content (AvgIpc) is 2.72. The van der Waals surface area contributed by atoms with E-state index in [1.165, 1.54) is 12.1 Å². The third-order valence-electron chi connectivity index (χ3n) is 3.32. The molecule has 1 aliphatic rings. The van der Waals surface area contributed by atoms with Crippen molar-refractivity contribution in [3.8, 4) is 0 Å². The van der Waals surface area contributed by atoms with Crippen molar-refractivity contribution in [2.24, 2.45) is 5.92 Å². The van der Waals surface area contributed by atoms with Crippen molar-refractivity contribution in [2.45, 2.75) is 38.8 Å². The average molecular weight is 269 g/mol. The molecule has 19 heavy (non-hydrogen) atoms. The zero-order valence-corrected chi connectivity index (χ0v) is 11.7. The highest BCUT2D eigenvalue weighted by Crippen LogP contribution is 2.35. The SMILES string of the molecule is CC(C)(C)NCC1CCOC1c1cc(F)cc(F)c1. The third kappa shape index (κ3) is 3.98. The van der Waals surface area contributed by atoms with Crippen molar-refractivity contribution in [3.05, 3.63) is 35.4 Å². The Morgan fingerprint density at radius 2 is 1.84 bits per heavy atom. The van der Waals surface area contributed by atoms with Crippen LogP contribution in [0.3, 0.4) is 0 Å². The first-order chi connectivity index (χ1) is 8.85. The van der Waals surface area contributed by atoms with Crippen LogP contribution in [0.4, 0.5) is 8.78 Å². The van der Waals surface area contributed by atoms with E-state index in [0.29, 0.717) is 12.2 Å². The second-order valence-electron chi connectivity index (χ2n) is 6.17. The third-order valence-corrected chi connectivity index (χ3v) is 3.32. The maximum atomic E-state index is 13.3. The lowest BCUT2D eigenvalue weighted by atomic mass is 9.94. The molecule has 2 nitrogen and oxygen atoms in total. The van der Waals surface area contributed by atoms with E-state index in [4.69, 9.17) is 4.74 Å². The molecule has 1 aliphatic heterocycles. The first-order valence-corrected chi connectivity index (χ1v) is 6.68. The van der Waals surface area contributed by atoms with Crippen LogP contribution >= 0.6 is 0 Å². The van der Waals surface area contributed by atoms with E-state index in [2.05, 4.69) is 26.1 Å². The van der Waals surface area contributed by atoms with Gasteiger partial charge in [0.15, 0.2) is 0 Å². The summed E-state index contributed by atoms with van der Waals surface area (Å²) < 4.78 is 32.2. The van der Waals surface area contributed by atoms with Crippen LogP contribution in [0.25, 0.3) is 0 Å². The molecule has 0 bridgehead atoms. The summed E-state index contributed by atoms with van der Waals surface area (Å²) in [4.78, 5) is 0. The Balaban J connectivity index is 2.09. The Morgan fingerprint density at radius 3 is 2.42 bits per heavy atom. The van der Waals surface area contributed by atoms with Crippen molar-refractivity contribution < 1.29 is 13.5 Å². The highest BCUT2D eigenvalue weighted by molar-refractivity contribution is 5.21. The fraction of sp³-hybridized carbons (Fsp3) is 0.600. The number of hydrogen-bond acceptors (Lipinski definition) is 2. The molecule has 4 heteroatoms. The number of halogens is 2. The normalized spacial score (nSPS) is 23.8. The predicted octanol–water partition coefficient (Wildman–Crippen LogP) is 3.43. The lowest BCUT2D eigenvalue weighted by molar-refractivity contribution is 0.0884. The highest BCUT2D eigenvalue weighted by Gasteiger charge is 2.31. The number of benzene rings is 1. The van der Waals surface area contributed by atoms with Crippen molar-refractivity contribution in [1.29, 1.82) is 0 Å². The van der Waals surface area contributed by atoms with Crippen LogP contribution in [0.5, 0.6) is 0 Å². The molecule has 1 aromatic carbocycles. The molecular formula is C15H21F2NO. The molecule has 0 aromatic heterocycles. The zero-order chi connectivity index (χ0) is 14.0. The van der Waals surface area contributed by atoms with Crippen LogP contribution < -0.4 is 5.32 Å². The molecule has 0 aliphatic carbocycles. The van der Waals surface area contributed by atoms with Gasteiger partial charge in [-0.3, -0.25) is 0 Å². The molecule has 2 rings (SSSR count).